The molecule has 0 fully saturated rings. The molecule has 0 aliphatic carbocycles. The van der Waals surface area contributed by atoms with Crippen molar-refractivity contribution in [1.82, 2.24) is 4.98 Å². The van der Waals surface area contributed by atoms with E-state index in [1.54, 1.807) is 36.5 Å². The van der Waals surface area contributed by atoms with Crippen LogP contribution in [0.2, 0.25) is 0 Å². The molecule has 0 amide bonds. The zero-order valence-corrected chi connectivity index (χ0v) is 10.4. The summed E-state index contributed by atoms with van der Waals surface area (Å²) >= 11 is 0. The summed E-state index contributed by atoms with van der Waals surface area (Å²) in [6.07, 6.45) is 4.47. The Morgan fingerprint density at radius 1 is 1.42 bits per heavy atom. The van der Waals surface area contributed by atoms with Crippen LogP contribution in [0.5, 0.6) is 0 Å². The van der Waals surface area contributed by atoms with Gasteiger partial charge in [-0.05, 0) is 43.3 Å². The molecule has 2 rings (SSSR count). The highest BCUT2D eigenvalue weighted by Crippen LogP contribution is 2.15. The highest BCUT2D eigenvalue weighted by atomic mass is 16.3. The van der Waals surface area contributed by atoms with Crippen LogP contribution in [0.3, 0.4) is 0 Å². The van der Waals surface area contributed by atoms with Gasteiger partial charge in [-0.3, -0.25) is 9.78 Å². The first-order valence-corrected chi connectivity index (χ1v) is 5.79. The molecule has 0 N–H and O–H groups in total. The topological polar surface area (TPSA) is 66.9 Å². The molecule has 0 saturated heterocycles. The molecule has 0 radical (unpaired) electrons. The van der Waals surface area contributed by atoms with E-state index < -0.39 is 5.92 Å². The van der Waals surface area contributed by atoms with Crippen LogP contribution >= 0.6 is 0 Å². The van der Waals surface area contributed by atoms with Gasteiger partial charge < -0.3 is 4.42 Å². The summed E-state index contributed by atoms with van der Waals surface area (Å²) in [4.78, 5) is 16.0. The van der Waals surface area contributed by atoms with Crippen LogP contribution in [0.1, 0.15) is 23.1 Å². The zero-order valence-electron chi connectivity index (χ0n) is 10.4. The molecule has 1 atom stereocenters. The summed E-state index contributed by atoms with van der Waals surface area (Å²) in [5.41, 5.74) is 0.454. The molecule has 19 heavy (non-hydrogen) atoms. The normalized spacial score (nSPS) is 12.2. The SMILES string of the molecule is Cc1ccc(C=CC(=O)C(C#N)c2ccccn2)o1. The Labute approximate surface area is 111 Å². The highest BCUT2D eigenvalue weighted by Gasteiger charge is 2.18. The molecule has 2 aromatic heterocycles. The average molecular weight is 252 g/mol. The summed E-state index contributed by atoms with van der Waals surface area (Å²) in [6.45, 7) is 1.82. The fraction of sp³-hybridized carbons (Fsp3) is 0.133. The number of aromatic nitrogens is 1. The van der Waals surface area contributed by atoms with Gasteiger partial charge in [-0.1, -0.05) is 6.07 Å². The number of furan rings is 1. The van der Waals surface area contributed by atoms with Gasteiger partial charge in [0.1, 0.15) is 11.5 Å². The number of nitriles is 1. The number of carbonyl (C=O) groups excluding carboxylic acids is 1. The second-order valence-corrected chi connectivity index (χ2v) is 4.00. The van der Waals surface area contributed by atoms with Crippen molar-refractivity contribution in [2.45, 2.75) is 12.8 Å². The maximum Gasteiger partial charge on any atom is 0.179 e. The number of pyridine rings is 1. The molecule has 0 bridgehead atoms. The minimum atomic E-state index is -0.881. The quantitative estimate of drug-likeness (QED) is 0.785. The molecule has 0 aromatic carbocycles. The van der Waals surface area contributed by atoms with Crippen LogP contribution < -0.4 is 0 Å². The number of nitrogens with zero attached hydrogens (tertiary/aromatic N) is 2. The van der Waals surface area contributed by atoms with Crippen LogP contribution in [-0.4, -0.2) is 10.8 Å². The Bertz CT molecular complexity index is 636. The van der Waals surface area contributed by atoms with Gasteiger partial charge in [-0.2, -0.15) is 5.26 Å². The second-order valence-electron chi connectivity index (χ2n) is 4.00. The molecule has 94 valence electrons. The number of hydrogen-bond acceptors (Lipinski definition) is 4. The van der Waals surface area contributed by atoms with E-state index in [0.29, 0.717) is 11.5 Å². The minimum absolute atomic E-state index is 0.310. The Kier molecular flexibility index (Phi) is 3.89. The standard InChI is InChI=1S/C15H12N2O2/c1-11-5-6-12(19-11)7-8-15(18)13(10-16)14-4-2-3-9-17-14/h2-9,13H,1H3. The van der Waals surface area contributed by atoms with Gasteiger partial charge >= 0.3 is 0 Å². The van der Waals surface area contributed by atoms with E-state index in [1.165, 1.54) is 6.08 Å². The number of hydrogen-bond donors (Lipinski definition) is 0. The average Bonchev–Trinajstić information content (AvgIpc) is 2.84. The summed E-state index contributed by atoms with van der Waals surface area (Å²) in [5, 5.41) is 9.08. The lowest BCUT2D eigenvalue weighted by Crippen LogP contribution is -2.09. The zero-order chi connectivity index (χ0) is 13.7. The van der Waals surface area contributed by atoms with E-state index >= 15 is 0 Å². The molecule has 0 aliphatic rings. The Morgan fingerprint density at radius 2 is 2.26 bits per heavy atom. The van der Waals surface area contributed by atoms with E-state index in [2.05, 4.69) is 4.98 Å². The van der Waals surface area contributed by atoms with Crippen molar-refractivity contribution in [3.05, 3.63) is 59.8 Å². The summed E-state index contributed by atoms with van der Waals surface area (Å²) in [5.74, 6) is 0.168. The smallest absolute Gasteiger partial charge is 0.179 e. The lowest BCUT2D eigenvalue weighted by Gasteiger charge is -2.03. The van der Waals surface area contributed by atoms with Crippen LogP contribution in [-0.2, 0) is 4.79 Å². The van der Waals surface area contributed by atoms with E-state index in [4.69, 9.17) is 9.68 Å². The molecule has 0 aliphatic heterocycles. The molecule has 4 heteroatoms. The first-order valence-electron chi connectivity index (χ1n) is 5.79. The first kappa shape index (κ1) is 12.8. The fourth-order valence-electron chi connectivity index (χ4n) is 1.63. The third kappa shape index (κ3) is 3.17. The van der Waals surface area contributed by atoms with Crippen LogP contribution in [0.15, 0.2) is 47.0 Å². The first-order chi connectivity index (χ1) is 9.20. The molecule has 0 spiro atoms. The minimum Gasteiger partial charge on any atom is -0.462 e. The van der Waals surface area contributed by atoms with Crippen LogP contribution in [0.25, 0.3) is 6.08 Å². The van der Waals surface area contributed by atoms with Gasteiger partial charge in [0, 0.05) is 6.20 Å². The van der Waals surface area contributed by atoms with E-state index in [9.17, 15) is 4.79 Å². The highest BCUT2D eigenvalue weighted by molar-refractivity contribution is 5.99. The molecule has 0 saturated carbocycles. The van der Waals surface area contributed by atoms with Gasteiger partial charge in [0.15, 0.2) is 11.7 Å². The summed E-state index contributed by atoms with van der Waals surface area (Å²) in [6, 6.07) is 10.7. The van der Waals surface area contributed by atoms with Crippen molar-refractivity contribution in [2.24, 2.45) is 0 Å². The number of ketones is 1. The maximum absolute atomic E-state index is 12.0. The van der Waals surface area contributed by atoms with Crippen molar-refractivity contribution < 1.29 is 9.21 Å². The van der Waals surface area contributed by atoms with Gasteiger partial charge in [-0.25, -0.2) is 0 Å². The Balaban J connectivity index is 2.15. The Hall–Kier alpha value is -2.67. The van der Waals surface area contributed by atoms with E-state index in [0.717, 1.165) is 5.76 Å². The predicted octanol–water partition coefficient (Wildman–Crippen LogP) is 2.87. The van der Waals surface area contributed by atoms with E-state index in [1.807, 2.05) is 19.1 Å². The lowest BCUT2D eigenvalue weighted by atomic mass is 10.0. The van der Waals surface area contributed by atoms with Crippen molar-refractivity contribution >= 4 is 11.9 Å². The van der Waals surface area contributed by atoms with Crippen molar-refractivity contribution in [2.75, 3.05) is 0 Å². The third-order valence-corrected chi connectivity index (χ3v) is 2.57. The summed E-state index contributed by atoms with van der Waals surface area (Å²) < 4.78 is 5.32. The second kappa shape index (κ2) is 5.78. The molecular formula is C15H12N2O2. The van der Waals surface area contributed by atoms with Gasteiger partial charge in [0.25, 0.3) is 0 Å². The monoisotopic (exact) mass is 252 g/mol. The van der Waals surface area contributed by atoms with Crippen molar-refractivity contribution in [1.29, 1.82) is 5.26 Å². The summed E-state index contributed by atoms with van der Waals surface area (Å²) in [7, 11) is 0. The lowest BCUT2D eigenvalue weighted by molar-refractivity contribution is -0.114. The van der Waals surface area contributed by atoms with Gasteiger partial charge in [-0.15, -0.1) is 0 Å². The molecule has 4 nitrogen and oxygen atoms in total. The Morgan fingerprint density at radius 3 is 2.84 bits per heavy atom. The van der Waals surface area contributed by atoms with Crippen molar-refractivity contribution in [3.63, 3.8) is 0 Å². The number of rotatable bonds is 4. The fourth-order valence-corrected chi connectivity index (χ4v) is 1.63. The van der Waals surface area contributed by atoms with Crippen LogP contribution in [0.4, 0.5) is 0 Å². The number of carbonyl (C=O) groups is 1. The molecule has 2 aromatic rings. The predicted molar refractivity (Wildman–Crippen MR) is 70.1 cm³/mol. The third-order valence-electron chi connectivity index (χ3n) is 2.57. The molecule has 1 unspecified atom stereocenters. The molecular weight excluding hydrogens is 240 g/mol. The number of allylic oxidation sites excluding steroid dienone is 1. The number of aryl methyl sites for hydroxylation is 1. The maximum atomic E-state index is 12.0. The largest absolute Gasteiger partial charge is 0.462 e. The molecule has 2 heterocycles. The van der Waals surface area contributed by atoms with Crippen LogP contribution in [0, 0.1) is 18.3 Å². The van der Waals surface area contributed by atoms with Gasteiger partial charge in [0.05, 0.1) is 11.8 Å². The van der Waals surface area contributed by atoms with E-state index in [-0.39, 0.29) is 5.78 Å². The van der Waals surface area contributed by atoms with Crippen molar-refractivity contribution in [3.8, 4) is 6.07 Å². The van der Waals surface area contributed by atoms with Gasteiger partial charge in [0.2, 0.25) is 0 Å².